The third-order valence-corrected chi connectivity index (χ3v) is 4.64. The summed E-state index contributed by atoms with van der Waals surface area (Å²) in [6, 6.07) is 14.6. The summed E-state index contributed by atoms with van der Waals surface area (Å²) >= 11 is 0. The molecule has 0 spiro atoms. The Hall–Kier alpha value is -3.82. The minimum absolute atomic E-state index is 0.0933. The molecular formula is C23H19F2N3O4. The number of fused-ring (bicyclic) bond motifs is 1. The molecule has 1 amide bonds. The van der Waals surface area contributed by atoms with Crippen LogP contribution in [0.2, 0.25) is 0 Å². The number of aliphatic hydroxyl groups is 2. The highest BCUT2D eigenvalue weighted by Gasteiger charge is 2.16. The minimum Gasteiger partial charge on any atom is -0.491 e. The molecule has 0 fully saturated rings. The first-order valence-corrected chi connectivity index (χ1v) is 9.71. The van der Waals surface area contributed by atoms with Crippen molar-refractivity contribution in [1.82, 2.24) is 9.97 Å². The first kappa shape index (κ1) is 21.4. The Morgan fingerprint density at radius 3 is 2.59 bits per heavy atom. The second-order valence-corrected chi connectivity index (χ2v) is 7.07. The molecule has 7 nitrogen and oxygen atoms in total. The van der Waals surface area contributed by atoms with Crippen molar-refractivity contribution in [2.24, 2.45) is 0 Å². The molecule has 0 saturated carbocycles. The van der Waals surface area contributed by atoms with E-state index in [2.05, 4.69) is 15.3 Å². The molecule has 32 heavy (non-hydrogen) atoms. The number of aromatic amines is 1. The molecule has 4 N–H and O–H groups in total. The van der Waals surface area contributed by atoms with Crippen LogP contribution in [0.5, 0.6) is 5.75 Å². The second kappa shape index (κ2) is 9.13. The number of nitrogens with zero attached hydrogens (tertiary/aromatic N) is 1. The number of amides is 1. The van der Waals surface area contributed by atoms with Crippen molar-refractivity contribution in [3.05, 3.63) is 77.9 Å². The van der Waals surface area contributed by atoms with Crippen molar-refractivity contribution in [3.8, 4) is 17.1 Å². The molecule has 1 atom stereocenters. The number of carbonyl (C=O) groups excluding carboxylic acids is 1. The van der Waals surface area contributed by atoms with E-state index in [0.717, 1.165) is 18.2 Å². The molecule has 4 aromatic rings. The Labute approximate surface area is 181 Å². The number of aliphatic hydroxyl groups excluding tert-OH is 2. The highest BCUT2D eigenvalue weighted by atomic mass is 19.1. The number of imidazole rings is 1. The molecule has 0 radical (unpaired) electrons. The van der Waals surface area contributed by atoms with E-state index in [4.69, 9.17) is 9.84 Å². The first-order chi connectivity index (χ1) is 15.4. The van der Waals surface area contributed by atoms with Crippen LogP contribution in [0.3, 0.4) is 0 Å². The third kappa shape index (κ3) is 4.74. The summed E-state index contributed by atoms with van der Waals surface area (Å²) in [4.78, 5) is 20.3. The van der Waals surface area contributed by atoms with Crippen LogP contribution in [-0.2, 0) is 0 Å². The predicted molar refractivity (Wildman–Crippen MR) is 114 cm³/mol. The van der Waals surface area contributed by atoms with E-state index in [-0.39, 0.29) is 23.6 Å². The number of nitrogens with one attached hydrogen (secondary N) is 2. The zero-order chi connectivity index (χ0) is 22.7. The van der Waals surface area contributed by atoms with Gasteiger partial charge in [-0.3, -0.25) is 4.79 Å². The smallest absolute Gasteiger partial charge is 0.257 e. The van der Waals surface area contributed by atoms with Gasteiger partial charge >= 0.3 is 0 Å². The number of hydrogen-bond acceptors (Lipinski definition) is 5. The van der Waals surface area contributed by atoms with Gasteiger partial charge in [0.15, 0.2) is 0 Å². The van der Waals surface area contributed by atoms with Crippen LogP contribution < -0.4 is 10.1 Å². The Morgan fingerprint density at radius 1 is 1.09 bits per heavy atom. The fraction of sp³-hybridized carbons (Fsp3) is 0.130. The maximum Gasteiger partial charge on any atom is 0.257 e. The van der Waals surface area contributed by atoms with Gasteiger partial charge in [-0.1, -0.05) is 12.1 Å². The zero-order valence-electron chi connectivity index (χ0n) is 16.7. The maximum atomic E-state index is 13.6. The average Bonchev–Trinajstić information content (AvgIpc) is 3.21. The fourth-order valence-corrected chi connectivity index (χ4v) is 3.15. The van der Waals surface area contributed by atoms with Crippen LogP contribution >= 0.6 is 0 Å². The van der Waals surface area contributed by atoms with Crippen molar-refractivity contribution in [3.63, 3.8) is 0 Å². The zero-order valence-corrected chi connectivity index (χ0v) is 16.7. The second-order valence-electron chi connectivity index (χ2n) is 7.07. The predicted octanol–water partition coefficient (Wildman–Crippen LogP) is 3.49. The third-order valence-electron chi connectivity index (χ3n) is 4.64. The fourth-order valence-electron chi connectivity index (χ4n) is 3.15. The number of ether oxygens (including phenoxy) is 1. The van der Waals surface area contributed by atoms with Gasteiger partial charge in [0.25, 0.3) is 5.91 Å². The summed E-state index contributed by atoms with van der Waals surface area (Å²) in [5.41, 5.74) is 1.82. The van der Waals surface area contributed by atoms with E-state index in [9.17, 15) is 18.7 Å². The number of rotatable bonds is 7. The van der Waals surface area contributed by atoms with E-state index in [0.29, 0.717) is 22.5 Å². The molecule has 0 aliphatic rings. The quantitative estimate of drug-likeness (QED) is 0.353. The normalized spacial score (nSPS) is 12.0. The summed E-state index contributed by atoms with van der Waals surface area (Å²) in [6.07, 6.45) is -1.01. The summed E-state index contributed by atoms with van der Waals surface area (Å²) in [5, 5.41) is 21.0. The number of benzene rings is 3. The average molecular weight is 439 g/mol. The number of halogens is 2. The largest absolute Gasteiger partial charge is 0.491 e. The molecule has 0 aliphatic carbocycles. The lowest BCUT2D eigenvalue weighted by Crippen LogP contribution is -2.21. The Balaban J connectivity index is 1.58. The van der Waals surface area contributed by atoms with Crippen LogP contribution in [0.15, 0.2) is 60.7 Å². The molecule has 0 unspecified atom stereocenters. The summed E-state index contributed by atoms with van der Waals surface area (Å²) < 4.78 is 32.6. The highest BCUT2D eigenvalue weighted by Crippen LogP contribution is 2.25. The molecule has 0 bridgehead atoms. The van der Waals surface area contributed by atoms with Crippen molar-refractivity contribution in [1.29, 1.82) is 0 Å². The van der Waals surface area contributed by atoms with Gasteiger partial charge in [0.05, 0.1) is 17.7 Å². The number of para-hydroxylation sites is 1. The lowest BCUT2D eigenvalue weighted by molar-refractivity contribution is 0.0536. The van der Waals surface area contributed by atoms with Crippen molar-refractivity contribution < 1.29 is 28.5 Å². The minimum atomic E-state index is -1.01. The Kier molecular flexibility index (Phi) is 6.11. The van der Waals surface area contributed by atoms with Gasteiger partial charge in [0.2, 0.25) is 0 Å². The SMILES string of the molecule is O=C(Nc1cccc(OC[C@H](O)CO)c1)c1cccc2[nH]c(-c3cc(F)cc(F)c3)nc12. The van der Waals surface area contributed by atoms with Gasteiger partial charge in [0, 0.05) is 23.4 Å². The van der Waals surface area contributed by atoms with Gasteiger partial charge in [-0.25, -0.2) is 13.8 Å². The number of anilines is 1. The number of H-pyrrole nitrogens is 1. The van der Waals surface area contributed by atoms with Crippen LogP contribution in [0.25, 0.3) is 22.4 Å². The van der Waals surface area contributed by atoms with Crippen molar-refractivity contribution in [2.75, 3.05) is 18.5 Å². The van der Waals surface area contributed by atoms with E-state index < -0.39 is 30.3 Å². The van der Waals surface area contributed by atoms with Crippen molar-refractivity contribution >= 4 is 22.6 Å². The van der Waals surface area contributed by atoms with E-state index >= 15 is 0 Å². The molecule has 1 aromatic heterocycles. The number of hydrogen-bond donors (Lipinski definition) is 4. The van der Waals surface area contributed by atoms with E-state index in [1.54, 1.807) is 42.5 Å². The molecular weight excluding hydrogens is 420 g/mol. The van der Waals surface area contributed by atoms with Crippen molar-refractivity contribution in [2.45, 2.75) is 6.10 Å². The molecule has 1 heterocycles. The standard InChI is InChI=1S/C23H19F2N3O4/c24-14-7-13(8-15(25)9-14)22-27-20-6-2-5-19(21(20)28-22)23(31)26-16-3-1-4-18(10-16)32-12-17(30)11-29/h1-10,17,29-30H,11-12H2,(H,26,31)(H,27,28)/t17-/m1/s1. The van der Waals surface area contributed by atoms with Gasteiger partial charge < -0.3 is 25.3 Å². The van der Waals surface area contributed by atoms with Gasteiger partial charge in [0.1, 0.15) is 41.4 Å². The molecule has 4 rings (SSSR count). The summed E-state index contributed by atoms with van der Waals surface area (Å²) in [5.74, 6) is -1.26. The van der Waals surface area contributed by atoms with Crippen LogP contribution in [0.1, 0.15) is 10.4 Å². The van der Waals surface area contributed by atoms with Crippen LogP contribution in [-0.4, -0.2) is 45.4 Å². The summed E-state index contributed by atoms with van der Waals surface area (Å²) in [6.45, 7) is -0.516. The monoisotopic (exact) mass is 439 g/mol. The van der Waals surface area contributed by atoms with E-state index in [1.807, 2.05) is 0 Å². The maximum absolute atomic E-state index is 13.6. The molecule has 3 aromatic carbocycles. The summed E-state index contributed by atoms with van der Waals surface area (Å²) in [7, 11) is 0. The molecule has 0 saturated heterocycles. The Bertz CT molecular complexity index is 1260. The highest BCUT2D eigenvalue weighted by molar-refractivity contribution is 6.11. The lowest BCUT2D eigenvalue weighted by atomic mass is 10.1. The van der Waals surface area contributed by atoms with E-state index in [1.165, 1.54) is 0 Å². The van der Waals surface area contributed by atoms with Gasteiger partial charge in [-0.05, 0) is 36.4 Å². The topological polar surface area (TPSA) is 107 Å². The molecule has 164 valence electrons. The molecule has 0 aliphatic heterocycles. The van der Waals surface area contributed by atoms with Crippen LogP contribution in [0, 0.1) is 11.6 Å². The number of carbonyl (C=O) groups is 1. The van der Waals surface area contributed by atoms with Gasteiger partial charge in [-0.15, -0.1) is 0 Å². The van der Waals surface area contributed by atoms with Crippen LogP contribution in [0.4, 0.5) is 14.5 Å². The number of aromatic nitrogens is 2. The lowest BCUT2D eigenvalue weighted by Gasteiger charge is -2.11. The first-order valence-electron chi connectivity index (χ1n) is 9.71. The molecule has 9 heteroatoms. The van der Waals surface area contributed by atoms with Gasteiger partial charge in [-0.2, -0.15) is 0 Å². The Morgan fingerprint density at radius 2 is 1.84 bits per heavy atom.